The van der Waals surface area contributed by atoms with Crippen LogP contribution in [0.1, 0.15) is 0 Å². The number of hydrogen-bond acceptors (Lipinski definition) is 5. The van der Waals surface area contributed by atoms with Gasteiger partial charge in [-0.2, -0.15) is 0 Å². The number of nitrogens with zero attached hydrogens (tertiary/aromatic N) is 4. The molecular weight excluding hydrogens is 589 g/mol. The number of rotatable bonds is 6. The molecular formula is C43H28N4O. The summed E-state index contributed by atoms with van der Waals surface area (Å²) in [6.45, 7) is 0. The van der Waals surface area contributed by atoms with Gasteiger partial charge in [0.2, 0.25) is 0 Å². The molecule has 0 radical (unpaired) electrons. The molecule has 7 aromatic carbocycles. The van der Waals surface area contributed by atoms with Crippen molar-refractivity contribution in [2.24, 2.45) is 0 Å². The first kappa shape index (κ1) is 27.7. The maximum atomic E-state index is 6.70. The Morgan fingerprint density at radius 1 is 0.396 bits per heavy atom. The first-order valence-corrected chi connectivity index (χ1v) is 16.0. The normalized spacial score (nSPS) is 11.5. The highest BCUT2D eigenvalue weighted by Gasteiger charge is 2.27. The van der Waals surface area contributed by atoms with Crippen LogP contribution in [0.5, 0.6) is 11.5 Å². The van der Waals surface area contributed by atoms with Crippen molar-refractivity contribution in [3.05, 3.63) is 170 Å². The number of para-hydroxylation sites is 2. The second-order valence-electron chi connectivity index (χ2n) is 11.6. The van der Waals surface area contributed by atoms with Crippen molar-refractivity contribution >= 4 is 27.8 Å². The molecule has 0 bridgehead atoms. The molecule has 226 valence electrons. The van der Waals surface area contributed by atoms with Gasteiger partial charge in [0.05, 0.1) is 5.69 Å². The fourth-order valence-electron chi connectivity index (χ4n) is 6.56. The van der Waals surface area contributed by atoms with Gasteiger partial charge in [-0.1, -0.05) is 127 Å². The second-order valence-corrected chi connectivity index (χ2v) is 11.6. The van der Waals surface area contributed by atoms with Crippen molar-refractivity contribution in [1.82, 2.24) is 15.0 Å². The number of aromatic nitrogens is 3. The van der Waals surface area contributed by atoms with E-state index in [4.69, 9.17) is 19.7 Å². The predicted octanol–water partition coefficient (Wildman–Crippen LogP) is 11.3. The fraction of sp³-hybridized carbons (Fsp3) is 0. The van der Waals surface area contributed by atoms with E-state index in [0.29, 0.717) is 17.5 Å². The summed E-state index contributed by atoms with van der Waals surface area (Å²) in [6, 6.07) is 57.9. The van der Waals surface area contributed by atoms with Crippen LogP contribution in [0.4, 0.5) is 17.1 Å². The molecule has 0 saturated carbocycles. The van der Waals surface area contributed by atoms with Crippen molar-refractivity contribution in [2.75, 3.05) is 4.90 Å². The van der Waals surface area contributed by atoms with E-state index in [-0.39, 0.29) is 0 Å². The number of anilines is 3. The van der Waals surface area contributed by atoms with E-state index in [2.05, 4.69) is 89.8 Å². The smallest absolute Gasteiger partial charge is 0.164 e. The lowest BCUT2D eigenvalue weighted by Gasteiger charge is -2.29. The lowest BCUT2D eigenvalue weighted by Crippen LogP contribution is -2.11. The Balaban J connectivity index is 1.27. The molecule has 0 amide bonds. The van der Waals surface area contributed by atoms with E-state index in [0.717, 1.165) is 67.2 Å². The molecule has 9 rings (SSSR count). The molecule has 5 nitrogen and oxygen atoms in total. The van der Waals surface area contributed by atoms with E-state index in [1.807, 2.05) is 84.9 Å². The van der Waals surface area contributed by atoms with E-state index in [1.54, 1.807) is 0 Å². The first-order valence-electron chi connectivity index (χ1n) is 16.0. The Bertz CT molecular complexity index is 2320. The van der Waals surface area contributed by atoms with Gasteiger partial charge in [-0.05, 0) is 48.0 Å². The minimum atomic E-state index is 0.593. The fourth-order valence-corrected chi connectivity index (χ4v) is 6.56. The lowest BCUT2D eigenvalue weighted by molar-refractivity contribution is 0.487. The predicted molar refractivity (Wildman–Crippen MR) is 194 cm³/mol. The van der Waals surface area contributed by atoms with Crippen LogP contribution in [0, 0.1) is 0 Å². The number of hydrogen-bond donors (Lipinski definition) is 0. The van der Waals surface area contributed by atoms with Crippen LogP contribution in [-0.2, 0) is 0 Å². The summed E-state index contributed by atoms with van der Waals surface area (Å²) in [7, 11) is 0. The molecule has 1 aromatic heterocycles. The molecule has 0 fully saturated rings. The van der Waals surface area contributed by atoms with Crippen molar-refractivity contribution in [2.45, 2.75) is 0 Å². The minimum absolute atomic E-state index is 0.593. The molecule has 1 aliphatic heterocycles. The molecule has 8 aromatic rings. The molecule has 0 atom stereocenters. The van der Waals surface area contributed by atoms with Crippen LogP contribution in [-0.4, -0.2) is 15.0 Å². The maximum Gasteiger partial charge on any atom is 0.164 e. The maximum absolute atomic E-state index is 6.70. The zero-order valence-electron chi connectivity index (χ0n) is 25.9. The Morgan fingerprint density at radius 3 is 1.52 bits per heavy atom. The second kappa shape index (κ2) is 11.6. The highest BCUT2D eigenvalue weighted by Crippen LogP contribution is 2.52. The van der Waals surface area contributed by atoms with E-state index in [1.165, 1.54) is 0 Å². The molecule has 48 heavy (non-hydrogen) atoms. The van der Waals surface area contributed by atoms with Crippen LogP contribution < -0.4 is 9.64 Å². The average Bonchev–Trinajstić information content (AvgIpc) is 3.17. The van der Waals surface area contributed by atoms with Gasteiger partial charge in [0.1, 0.15) is 11.5 Å². The van der Waals surface area contributed by atoms with Gasteiger partial charge in [0.15, 0.2) is 17.5 Å². The van der Waals surface area contributed by atoms with Crippen molar-refractivity contribution in [3.8, 4) is 56.8 Å². The summed E-state index contributed by atoms with van der Waals surface area (Å²) in [6.07, 6.45) is 0. The Hall–Kier alpha value is -6.59. The largest absolute Gasteiger partial charge is 0.456 e. The Morgan fingerprint density at radius 2 is 0.917 bits per heavy atom. The average molecular weight is 617 g/mol. The Kier molecular flexibility index (Phi) is 6.72. The minimum Gasteiger partial charge on any atom is -0.456 e. The van der Waals surface area contributed by atoms with Crippen LogP contribution in [0.15, 0.2) is 170 Å². The number of ether oxygens (including phenoxy) is 1. The number of benzene rings is 7. The van der Waals surface area contributed by atoms with Gasteiger partial charge in [-0.15, -0.1) is 0 Å². The molecule has 0 aliphatic carbocycles. The van der Waals surface area contributed by atoms with E-state index < -0.39 is 0 Å². The molecule has 0 N–H and O–H groups in total. The van der Waals surface area contributed by atoms with Crippen LogP contribution in [0.2, 0.25) is 0 Å². The van der Waals surface area contributed by atoms with Gasteiger partial charge >= 0.3 is 0 Å². The summed E-state index contributed by atoms with van der Waals surface area (Å²) in [5.74, 6) is 3.42. The third-order valence-electron chi connectivity index (χ3n) is 8.70. The van der Waals surface area contributed by atoms with Crippen molar-refractivity contribution in [3.63, 3.8) is 0 Å². The van der Waals surface area contributed by atoms with E-state index >= 15 is 0 Å². The summed E-state index contributed by atoms with van der Waals surface area (Å²) in [5.41, 5.74) is 8.00. The monoisotopic (exact) mass is 616 g/mol. The summed E-state index contributed by atoms with van der Waals surface area (Å²) >= 11 is 0. The van der Waals surface area contributed by atoms with Crippen molar-refractivity contribution in [1.29, 1.82) is 0 Å². The SMILES string of the molecule is c1ccc(-c2nc(-c3ccccc3)nc(-c3cccc4c3-c3cccc5c(N(c6ccccc6)c6ccccc6)ccc(c35)O4)n2)cc1. The van der Waals surface area contributed by atoms with E-state index in [9.17, 15) is 0 Å². The van der Waals surface area contributed by atoms with Crippen LogP contribution >= 0.6 is 0 Å². The third-order valence-corrected chi connectivity index (χ3v) is 8.70. The molecule has 1 aliphatic rings. The zero-order chi connectivity index (χ0) is 31.9. The highest BCUT2D eigenvalue weighted by molar-refractivity contribution is 6.12. The van der Waals surface area contributed by atoms with Crippen LogP contribution in [0.25, 0.3) is 56.1 Å². The van der Waals surface area contributed by atoms with Gasteiger partial charge in [-0.25, -0.2) is 15.0 Å². The highest BCUT2D eigenvalue weighted by atomic mass is 16.5. The summed E-state index contributed by atoms with van der Waals surface area (Å²) in [5, 5.41) is 2.14. The molecule has 0 spiro atoms. The molecule has 0 unspecified atom stereocenters. The topological polar surface area (TPSA) is 51.1 Å². The first-order chi connectivity index (χ1) is 23.8. The third kappa shape index (κ3) is 4.77. The molecule has 5 heteroatoms. The summed E-state index contributed by atoms with van der Waals surface area (Å²) in [4.78, 5) is 17.3. The van der Waals surface area contributed by atoms with Gasteiger partial charge < -0.3 is 9.64 Å². The Labute approximate surface area is 278 Å². The standard InChI is InChI=1S/C43H28N4O/c1-5-15-29(16-6-1)41-44-42(30-17-7-2-8-18-30)46-43(45-41)35-25-14-26-37-40(35)34-24-13-23-33-36(27-28-38(48-37)39(33)34)47(31-19-9-3-10-20-31)32-21-11-4-12-22-32/h1-28H. The quantitative estimate of drug-likeness (QED) is 0.186. The van der Waals surface area contributed by atoms with Crippen LogP contribution in [0.3, 0.4) is 0 Å². The summed E-state index contributed by atoms with van der Waals surface area (Å²) < 4.78 is 6.70. The van der Waals surface area contributed by atoms with Gasteiger partial charge in [-0.3, -0.25) is 0 Å². The lowest BCUT2D eigenvalue weighted by atomic mass is 9.90. The number of fused-ring (bicyclic) bond motifs is 2. The molecule has 2 heterocycles. The van der Waals surface area contributed by atoms with Gasteiger partial charge in [0, 0.05) is 44.4 Å². The zero-order valence-corrected chi connectivity index (χ0v) is 25.9. The van der Waals surface area contributed by atoms with Crippen molar-refractivity contribution < 1.29 is 4.74 Å². The molecule has 0 saturated heterocycles. The van der Waals surface area contributed by atoms with Gasteiger partial charge in [0.25, 0.3) is 0 Å².